The van der Waals surface area contributed by atoms with Crippen LogP contribution in [0.15, 0.2) is 0 Å². The molecule has 0 aliphatic rings. The van der Waals surface area contributed by atoms with Crippen LogP contribution in [0.4, 0.5) is 0 Å². The van der Waals surface area contributed by atoms with Crippen LogP contribution in [-0.2, 0) is 0 Å². The van der Waals surface area contributed by atoms with Crippen molar-refractivity contribution in [3.05, 3.63) is 0 Å². The van der Waals surface area contributed by atoms with Gasteiger partial charge in [-0.1, -0.05) is 52.9 Å². The Kier molecular flexibility index (Phi) is 10.0. The second-order valence-corrected chi connectivity index (χ2v) is 5.19. The van der Waals surface area contributed by atoms with Gasteiger partial charge in [-0.25, -0.2) is 0 Å². The summed E-state index contributed by atoms with van der Waals surface area (Å²) in [4.78, 5) is 2.46. The van der Waals surface area contributed by atoms with Gasteiger partial charge in [0.05, 0.1) is 0 Å². The highest BCUT2D eigenvalue weighted by Crippen LogP contribution is 2.12. The zero-order valence-electron chi connectivity index (χ0n) is 11.8. The molecule has 0 aliphatic carbocycles. The van der Waals surface area contributed by atoms with E-state index in [4.69, 9.17) is 5.73 Å². The highest BCUT2D eigenvalue weighted by Gasteiger charge is 2.14. The van der Waals surface area contributed by atoms with Gasteiger partial charge in [-0.15, -0.1) is 0 Å². The summed E-state index contributed by atoms with van der Waals surface area (Å²) in [5.41, 5.74) is 5.86. The molecular formula is C14H32N2. The molecule has 0 rings (SSSR count). The lowest BCUT2D eigenvalue weighted by Crippen LogP contribution is -2.40. The van der Waals surface area contributed by atoms with Crippen LogP contribution < -0.4 is 5.73 Å². The normalized spacial score (nSPS) is 15.4. The summed E-state index contributed by atoms with van der Waals surface area (Å²) in [7, 11) is 2.23. The van der Waals surface area contributed by atoms with Crippen LogP contribution >= 0.6 is 0 Å². The van der Waals surface area contributed by atoms with Gasteiger partial charge in [0.1, 0.15) is 0 Å². The van der Waals surface area contributed by atoms with E-state index < -0.39 is 0 Å². The van der Waals surface area contributed by atoms with Crippen LogP contribution in [-0.4, -0.2) is 31.1 Å². The fraction of sp³-hybridized carbons (Fsp3) is 1.00. The average Bonchev–Trinajstić information content (AvgIpc) is 2.28. The fourth-order valence-corrected chi connectivity index (χ4v) is 2.09. The molecule has 0 spiro atoms. The third-order valence-corrected chi connectivity index (χ3v) is 3.58. The second kappa shape index (κ2) is 10.1. The number of likely N-dealkylation sites (N-methyl/N-ethyl adjacent to an activating group) is 1. The number of nitrogens with two attached hydrogens (primary N) is 1. The van der Waals surface area contributed by atoms with E-state index >= 15 is 0 Å². The summed E-state index contributed by atoms with van der Waals surface area (Å²) in [5, 5.41) is 0. The van der Waals surface area contributed by atoms with Crippen molar-refractivity contribution in [2.75, 3.05) is 20.1 Å². The van der Waals surface area contributed by atoms with Crippen molar-refractivity contribution >= 4 is 0 Å². The molecule has 2 N–H and O–H groups in total. The first kappa shape index (κ1) is 15.9. The van der Waals surface area contributed by atoms with Crippen molar-refractivity contribution < 1.29 is 0 Å². The summed E-state index contributed by atoms with van der Waals surface area (Å²) >= 11 is 0. The Balaban J connectivity index is 3.78. The Labute approximate surface area is 103 Å². The third-order valence-electron chi connectivity index (χ3n) is 3.58. The molecule has 2 atom stereocenters. The van der Waals surface area contributed by atoms with Gasteiger partial charge < -0.3 is 10.6 Å². The minimum atomic E-state index is 0.589. The van der Waals surface area contributed by atoms with Crippen molar-refractivity contribution in [3.63, 3.8) is 0 Å². The van der Waals surface area contributed by atoms with Crippen molar-refractivity contribution in [2.24, 2.45) is 11.7 Å². The van der Waals surface area contributed by atoms with Gasteiger partial charge in [0.2, 0.25) is 0 Å². The second-order valence-electron chi connectivity index (χ2n) is 5.19. The predicted molar refractivity (Wildman–Crippen MR) is 73.7 cm³/mol. The Hall–Kier alpha value is -0.0800. The lowest BCUT2D eigenvalue weighted by molar-refractivity contribution is 0.200. The SMILES string of the molecule is CCCCCCC(CN)N(C)CC(C)CC. The van der Waals surface area contributed by atoms with Crippen LogP contribution in [0, 0.1) is 5.92 Å². The van der Waals surface area contributed by atoms with Crippen LogP contribution in [0.1, 0.15) is 59.3 Å². The first-order valence-electron chi connectivity index (χ1n) is 7.05. The van der Waals surface area contributed by atoms with Gasteiger partial charge in [0.25, 0.3) is 0 Å². The van der Waals surface area contributed by atoms with Crippen LogP contribution in [0.25, 0.3) is 0 Å². The molecule has 2 nitrogen and oxygen atoms in total. The van der Waals surface area contributed by atoms with Crippen molar-refractivity contribution in [2.45, 2.75) is 65.3 Å². The minimum absolute atomic E-state index is 0.589. The quantitative estimate of drug-likeness (QED) is 0.582. The van der Waals surface area contributed by atoms with Gasteiger partial charge in [-0.3, -0.25) is 0 Å². The van der Waals surface area contributed by atoms with Gasteiger partial charge in [-0.05, 0) is 19.4 Å². The van der Waals surface area contributed by atoms with E-state index in [1.54, 1.807) is 0 Å². The highest BCUT2D eigenvalue weighted by atomic mass is 15.1. The number of nitrogens with zero attached hydrogens (tertiary/aromatic N) is 1. The molecule has 0 bridgehead atoms. The lowest BCUT2D eigenvalue weighted by atomic mass is 10.0. The molecule has 2 unspecified atom stereocenters. The molecule has 0 aromatic rings. The summed E-state index contributed by atoms with van der Waals surface area (Å²) in [5.74, 6) is 0.787. The molecule has 0 fully saturated rings. The first-order chi connectivity index (χ1) is 7.65. The monoisotopic (exact) mass is 228 g/mol. The maximum atomic E-state index is 5.86. The highest BCUT2D eigenvalue weighted by molar-refractivity contribution is 4.71. The molecule has 98 valence electrons. The average molecular weight is 228 g/mol. The topological polar surface area (TPSA) is 29.3 Å². The molecule has 0 saturated heterocycles. The molecule has 0 radical (unpaired) electrons. The van der Waals surface area contributed by atoms with Gasteiger partial charge in [0.15, 0.2) is 0 Å². The molecule has 0 aliphatic heterocycles. The first-order valence-corrected chi connectivity index (χ1v) is 7.05. The third kappa shape index (κ3) is 7.24. The fourth-order valence-electron chi connectivity index (χ4n) is 2.09. The number of hydrogen-bond acceptors (Lipinski definition) is 2. The molecule has 0 aromatic carbocycles. The van der Waals surface area contributed by atoms with Crippen molar-refractivity contribution in [1.29, 1.82) is 0 Å². The number of unbranched alkanes of at least 4 members (excludes halogenated alkanes) is 3. The standard InChI is InChI=1S/C14H32N2/c1-5-7-8-9-10-14(11-15)16(4)12-13(3)6-2/h13-14H,5-12,15H2,1-4H3. The van der Waals surface area contributed by atoms with E-state index in [-0.39, 0.29) is 0 Å². The number of hydrogen-bond donors (Lipinski definition) is 1. The molecular weight excluding hydrogens is 196 g/mol. The van der Waals surface area contributed by atoms with E-state index in [1.807, 2.05) is 0 Å². The molecule has 0 heterocycles. The Morgan fingerprint density at radius 2 is 1.81 bits per heavy atom. The Bertz CT molecular complexity index is 148. The van der Waals surface area contributed by atoms with E-state index in [0.29, 0.717) is 6.04 Å². The maximum Gasteiger partial charge on any atom is 0.0215 e. The largest absolute Gasteiger partial charge is 0.329 e. The van der Waals surface area contributed by atoms with E-state index in [2.05, 4.69) is 32.7 Å². The van der Waals surface area contributed by atoms with Gasteiger partial charge >= 0.3 is 0 Å². The summed E-state index contributed by atoms with van der Waals surface area (Å²) < 4.78 is 0. The maximum absolute atomic E-state index is 5.86. The number of rotatable bonds is 10. The molecule has 16 heavy (non-hydrogen) atoms. The lowest BCUT2D eigenvalue weighted by Gasteiger charge is -2.29. The summed E-state index contributed by atoms with van der Waals surface area (Å²) in [6.45, 7) is 8.83. The Morgan fingerprint density at radius 3 is 2.31 bits per heavy atom. The van der Waals surface area contributed by atoms with Crippen LogP contribution in [0.3, 0.4) is 0 Å². The zero-order valence-corrected chi connectivity index (χ0v) is 11.8. The van der Waals surface area contributed by atoms with Crippen LogP contribution in [0.5, 0.6) is 0 Å². The van der Waals surface area contributed by atoms with Gasteiger partial charge in [0, 0.05) is 19.1 Å². The minimum Gasteiger partial charge on any atom is -0.329 e. The Morgan fingerprint density at radius 1 is 1.12 bits per heavy atom. The smallest absolute Gasteiger partial charge is 0.0215 e. The molecule has 0 amide bonds. The molecule has 0 aromatic heterocycles. The van der Waals surface area contributed by atoms with E-state index in [1.165, 1.54) is 45.1 Å². The predicted octanol–water partition coefficient (Wildman–Crippen LogP) is 3.26. The van der Waals surface area contributed by atoms with Crippen molar-refractivity contribution in [3.8, 4) is 0 Å². The van der Waals surface area contributed by atoms with E-state index in [9.17, 15) is 0 Å². The molecule has 0 saturated carbocycles. The zero-order chi connectivity index (χ0) is 12.4. The van der Waals surface area contributed by atoms with Crippen LogP contribution in [0.2, 0.25) is 0 Å². The molecule has 2 heteroatoms. The van der Waals surface area contributed by atoms with E-state index in [0.717, 1.165) is 12.5 Å². The summed E-state index contributed by atoms with van der Waals surface area (Å²) in [6, 6.07) is 0.589. The summed E-state index contributed by atoms with van der Waals surface area (Å²) in [6.07, 6.45) is 7.91. The van der Waals surface area contributed by atoms with Gasteiger partial charge in [-0.2, -0.15) is 0 Å². The van der Waals surface area contributed by atoms with Crippen molar-refractivity contribution in [1.82, 2.24) is 4.90 Å².